The smallest absolute Gasteiger partial charge is 0.303 e. The zero-order valence-electron chi connectivity index (χ0n) is 19.3. The fraction of sp³-hybridized carbons (Fsp3) is 0.308. The second kappa shape index (κ2) is 13.7. The Balaban J connectivity index is 1.43. The molecular weight excluding hydrogens is 484 g/mol. The number of benzene rings is 2. The number of carboxylic acid groups (broad SMARTS) is 1. The Kier molecular flexibility index (Phi) is 10.3. The third kappa shape index (κ3) is 8.84. The van der Waals surface area contributed by atoms with Gasteiger partial charge in [-0.25, -0.2) is 0 Å². The van der Waals surface area contributed by atoms with E-state index >= 15 is 0 Å². The van der Waals surface area contributed by atoms with Crippen LogP contribution in [0.25, 0.3) is 6.08 Å². The number of thiocarbonyl (C=S) groups is 1. The SMILES string of the molecule is O=C(O)CCCNC(=O)CCCCCN1C(=O)/C(=C/c2cccc(Oc3ccccc3)c2)SC1=S. The largest absolute Gasteiger partial charge is 0.481 e. The van der Waals surface area contributed by atoms with E-state index in [1.807, 2.05) is 60.7 Å². The number of hydrogen-bond donors (Lipinski definition) is 2. The van der Waals surface area contributed by atoms with Gasteiger partial charge in [-0.15, -0.1) is 0 Å². The molecule has 2 amide bonds. The van der Waals surface area contributed by atoms with Crippen LogP contribution in [-0.2, 0) is 14.4 Å². The number of aliphatic carboxylic acids is 1. The van der Waals surface area contributed by atoms with Gasteiger partial charge in [0, 0.05) is 25.9 Å². The lowest BCUT2D eigenvalue weighted by Crippen LogP contribution is -2.29. The first-order chi connectivity index (χ1) is 16.9. The number of thioether (sulfide) groups is 1. The normalized spacial score (nSPS) is 14.4. The lowest BCUT2D eigenvalue weighted by molar-refractivity contribution is -0.137. The van der Waals surface area contributed by atoms with E-state index in [-0.39, 0.29) is 18.2 Å². The molecular formula is C26H28N2O5S2. The molecule has 0 spiro atoms. The highest BCUT2D eigenvalue weighted by Crippen LogP contribution is 2.33. The number of carboxylic acids is 1. The molecule has 0 aromatic heterocycles. The van der Waals surface area contributed by atoms with E-state index in [4.69, 9.17) is 22.1 Å². The molecule has 35 heavy (non-hydrogen) atoms. The zero-order chi connectivity index (χ0) is 25.0. The van der Waals surface area contributed by atoms with Crippen molar-refractivity contribution in [1.29, 1.82) is 0 Å². The topological polar surface area (TPSA) is 95.9 Å². The molecule has 184 valence electrons. The van der Waals surface area contributed by atoms with E-state index in [0.717, 1.165) is 24.2 Å². The Hall–Kier alpha value is -3.17. The molecule has 1 saturated heterocycles. The Labute approximate surface area is 214 Å². The summed E-state index contributed by atoms with van der Waals surface area (Å²) in [7, 11) is 0. The van der Waals surface area contributed by atoms with E-state index < -0.39 is 5.97 Å². The van der Waals surface area contributed by atoms with Crippen LogP contribution in [0, 0.1) is 0 Å². The highest BCUT2D eigenvalue weighted by atomic mass is 32.2. The molecule has 0 bridgehead atoms. The van der Waals surface area contributed by atoms with Crippen molar-refractivity contribution in [2.45, 2.75) is 38.5 Å². The van der Waals surface area contributed by atoms with Crippen LogP contribution in [0.15, 0.2) is 59.5 Å². The molecule has 1 aliphatic rings. The van der Waals surface area contributed by atoms with Gasteiger partial charge in [-0.3, -0.25) is 19.3 Å². The van der Waals surface area contributed by atoms with Crippen molar-refractivity contribution in [3.05, 3.63) is 65.1 Å². The van der Waals surface area contributed by atoms with Crippen molar-refractivity contribution >= 4 is 52.2 Å². The Bertz CT molecular complexity index is 1090. The third-order valence-corrected chi connectivity index (χ3v) is 6.56. The van der Waals surface area contributed by atoms with Crippen molar-refractivity contribution in [1.82, 2.24) is 10.2 Å². The molecule has 3 rings (SSSR count). The van der Waals surface area contributed by atoms with E-state index in [1.54, 1.807) is 4.90 Å². The second-order valence-corrected chi connectivity index (χ2v) is 9.65. The van der Waals surface area contributed by atoms with E-state index in [1.165, 1.54) is 11.8 Å². The molecule has 0 atom stereocenters. The molecule has 0 saturated carbocycles. The molecule has 7 nitrogen and oxygen atoms in total. The summed E-state index contributed by atoms with van der Waals surface area (Å²) in [5, 5.41) is 11.3. The summed E-state index contributed by atoms with van der Waals surface area (Å²) >= 11 is 6.71. The monoisotopic (exact) mass is 512 g/mol. The number of para-hydroxylation sites is 1. The molecule has 2 aromatic carbocycles. The first kappa shape index (κ1) is 26.4. The molecule has 1 aliphatic heterocycles. The third-order valence-electron chi connectivity index (χ3n) is 5.18. The van der Waals surface area contributed by atoms with Crippen LogP contribution in [0.4, 0.5) is 0 Å². The fourth-order valence-electron chi connectivity index (χ4n) is 3.42. The Morgan fingerprint density at radius 3 is 2.54 bits per heavy atom. The number of carbonyl (C=O) groups excluding carboxylic acids is 2. The molecule has 0 aliphatic carbocycles. The van der Waals surface area contributed by atoms with E-state index in [0.29, 0.717) is 47.3 Å². The number of rotatable bonds is 13. The fourth-order valence-corrected chi connectivity index (χ4v) is 4.73. The maximum Gasteiger partial charge on any atom is 0.303 e. The Morgan fingerprint density at radius 2 is 1.77 bits per heavy atom. The lowest BCUT2D eigenvalue weighted by Gasteiger charge is -2.14. The van der Waals surface area contributed by atoms with Crippen molar-refractivity contribution in [2.75, 3.05) is 13.1 Å². The number of hydrogen-bond acceptors (Lipinski definition) is 6. The van der Waals surface area contributed by atoms with Gasteiger partial charge in [-0.05, 0) is 55.2 Å². The summed E-state index contributed by atoms with van der Waals surface area (Å²) in [5.74, 6) is 0.376. The molecule has 1 fully saturated rings. The number of unbranched alkanes of at least 4 members (excludes halogenated alkanes) is 2. The molecule has 1 heterocycles. The van der Waals surface area contributed by atoms with Gasteiger partial charge in [0.05, 0.1) is 4.91 Å². The van der Waals surface area contributed by atoms with Crippen molar-refractivity contribution < 1.29 is 24.2 Å². The van der Waals surface area contributed by atoms with Crippen LogP contribution in [-0.4, -0.2) is 45.2 Å². The van der Waals surface area contributed by atoms with Crippen LogP contribution in [0.3, 0.4) is 0 Å². The predicted octanol–water partition coefficient (Wildman–Crippen LogP) is 5.22. The second-order valence-electron chi connectivity index (χ2n) is 7.98. The molecule has 0 radical (unpaired) electrons. The summed E-state index contributed by atoms with van der Waals surface area (Å²) in [6.45, 7) is 0.884. The Morgan fingerprint density at radius 1 is 1.00 bits per heavy atom. The van der Waals surface area contributed by atoms with Crippen molar-refractivity contribution in [3.8, 4) is 11.5 Å². The van der Waals surface area contributed by atoms with Crippen LogP contribution in [0.5, 0.6) is 11.5 Å². The van der Waals surface area contributed by atoms with Gasteiger partial charge < -0.3 is 15.2 Å². The maximum absolute atomic E-state index is 12.9. The van der Waals surface area contributed by atoms with Gasteiger partial charge in [0.15, 0.2) is 0 Å². The minimum absolute atomic E-state index is 0.0470. The summed E-state index contributed by atoms with van der Waals surface area (Å²) in [6, 6.07) is 17.0. The summed E-state index contributed by atoms with van der Waals surface area (Å²) < 4.78 is 6.41. The first-order valence-electron chi connectivity index (χ1n) is 11.5. The van der Waals surface area contributed by atoms with Gasteiger partial charge >= 0.3 is 5.97 Å². The van der Waals surface area contributed by atoms with Crippen LogP contribution >= 0.6 is 24.0 Å². The van der Waals surface area contributed by atoms with Gasteiger partial charge in [0.2, 0.25) is 5.91 Å². The average molecular weight is 513 g/mol. The first-order valence-corrected chi connectivity index (χ1v) is 12.7. The molecule has 9 heteroatoms. The van der Waals surface area contributed by atoms with Crippen molar-refractivity contribution in [3.63, 3.8) is 0 Å². The predicted molar refractivity (Wildman–Crippen MR) is 141 cm³/mol. The number of carbonyl (C=O) groups is 3. The minimum atomic E-state index is -0.865. The molecule has 0 unspecified atom stereocenters. The number of nitrogens with zero attached hydrogens (tertiary/aromatic N) is 1. The minimum Gasteiger partial charge on any atom is -0.481 e. The number of amides is 2. The lowest BCUT2D eigenvalue weighted by atomic mass is 10.1. The highest BCUT2D eigenvalue weighted by Gasteiger charge is 2.31. The highest BCUT2D eigenvalue weighted by molar-refractivity contribution is 8.26. The maximum atomic E-state index is 12.9. The van der Waals surface area contributed by atoms with Crippen LogP contribution < -0.4 is 10.1 Å². The van der Waals surface area contributed by atoms with E-state index in [9.17, 15) is 14.4 Å². The summed E-state index contributed by atoms with van der Waals surface area (Å²) in [6.07, 6.45) is 4.91. The van der Waals surface area contributed by atoms with Crippen LogP contribution in [0.1, 0.15) is 44.1 Å². The van der Waals surface area contributed by atoms with E-state index in [2.05, 4.69) is 5.32 Å². The van der Waals surface area contributed by atoms with Crippen LogP contribution in [0.2, 0.25) is 0 Å². The number of ether oxygens (including phenoxy) is 1. The quantitative estimate of drug-likeness (QED) is 0.216. The van der Waals surface area contributed by atoms with Gasteiger partial charge in [0.1, 0.15) is 15.8 Å². The van der Waals surface area contributed by atoms with Gasteiger partial charge in [-0.2, -0.15) is 0 Å². The summed E-state index contributed by atoms with van der Waals surface area (Å²) in [5.41, 5.74) is 0.855. The molecule has 2 aromatic rings. The molecule has 2 N–H and O–H groups in total. The average Bonchev–Trinajstić information content (AvgIpc) is 3.09. The number of nitrogens with one attached hydrogen (secondary N) is 1. The van der Waals surface area contributed by atoms with Crippen molar-refractivity contribution in [2.24, 2.45) is 0 Å². The van der Waals surface area contributed by atoms with Gasteiger partial charge in [-0.1, -0.05) is 60.7 Å². The summed E-state index contributed by atoms with van der Waals surface area (Å²) in [4.78, 5) is 37.3. The van der Waals surface area contributed by atoms with Gasteiger partial charge in [0.25, 0.3) is 5.91 Å². The standard InChI is InChI=1S/C26H28N2O5S2/c29-23(27-15-8-14-24(30)31)13-5-2-6-16-28-25(32)22(35-26(28)34)18-19-9-7-12-21(17-19)33-20-10-3-1-4-11-20/h1,3-4,7,9-12,17-18H,2,5-6,8,13-16H2,(H,27,29)(H,30,31)/b22-18-. The zero-order valence-corrected chi connectivity index (χ0v) is 20.9.